The van der Waals surface area contributed by atoms with Gasteiger partial charge in [-0.3, -0.25) is 0 Å². The molecule has 1 atom stereocenters. The maximum atomic E-state index is 5.77. The number of aromatic nitrogens is 1. The van der Waals surface area contributed by atoms with Crippen LogP contribution in [0, 0.1) is 0 Å². The molecular weight excluding hydrogens is 238 g/mol. The van der Waals surface area contributed by atoms with E-state index in [-0.39, 0.29) is 6.10 Å². The predicted octanol–water partition coefficient (Wildman–Crippen LogP) is 3.49. The Morgan fingerprint density at radius 2 is 1.95 bits per heavy atom. The summed E-state index contributed by atoms with van der Waals surface area (Å²) < 4.78 is 11.1. The number of ether oxygens (including phenoxy) is 2. The molecule has 1 fully saturated rings. The first-order valence-corrected chi connectivity index (χ1v) is 6.65. The zero-order valence-corrected chi connectivity index (χ0v) is 10.6. The monoisotopic (exact) mass is 253 g/mol. The second-order valence-electron chi connectivity index (χ2n) is 4.97. The minimum atomic E-state index is 0.276. The van der Waals surface area contributed by atoms with Crippen molar-refractivity contribution >= 4 is 21.8 Å². The average molecular weight is 253 g/mol. The first-order chi connectivity index (χ1) is 9.40. The summed E-state index contributed by atoms with van der Waals surface area (Å²) in [7, 11) is 0. The van der Waals surface area contributed by atoms with Crippen molar-refractivity contribution in [3.63, 3.8) is 0 Å². The molecule has 0 aliphatic carbocycles. The van der Waals surface area contributed by atoms with Gasteiger partial charge in [-0.2, -0.15) is 0 Å². The Hall–Kier alpha value is -2.00. The molecule has 96 valence electrons. The molecule has 3 heteroatoms. The molecule has 2 heterocycles. The van der Waals surface area contributed by atoms with Crippen molar-refractivity contribution in [1.82, 2.24) is 4.98 Å². The van der Waals surface area contributed by atoms with Crippen LogP contribution < -0.4 is 4.74 Å². The first-order valence-electron chi connectivity index (χ1n) is 6.65. The molecule has 1 N–H and O–H groups in total. The number of hydrogen-bond donors (Lipinski definition) is 1. The molecule has 1 aromatic heterocycles. The maximum absolute atomic E-state index is 5.77. The van der Waals surface area contributed by atoms with Crippen LogP contribution in [0.1, 0.15) is 6.42 Å². The van der Waals surface area contributed by atoms with Crippen molar-refractivity contribution in [2.45, 2.75) is 12.5 Å². The molecule has 3 aromatic rings. The summed E-state index contributed by atoms with van der Waals surface area (Å²) in [5, 5.41) is 2.49. The van der Waals surface area contributed by atoms with Crippen molar-refractivity contribution in [2.75, 3.05) is 13.2 Å². The average Bonchev–Trinajstić information content (AvgIpc) is 2.74. The van der Waals surface area contributed by atoms with Crippen LogP contribution in [0.5, 0.6) is 5.75 Å². The van der Waals surface area contributed by atoms with Gasteiger partial charge >= 0.3 is 0 Å². The summed E-state index contributed by atoms with van der Waals surface area (Å²) in [6.45, 7) is 1.51. The normalized spacial score (nSPS) is 18.6. The first kappa shape index (κ1) is 10.9. The molecule has 19 heavy (non-hydrogen) atoms. The van der Waals surface area contributed by atoms with Gasteiger partial charge in [0, 0.05) is 35.4 Å². The van der Waals surface area contributed by atoms with Gasteiger partial charge in [-0.15, -0.1) is 0 Å². The van der Waals surface area contributed by atoms with Gasteiger partial charge in [0.25, 0.3) is 0 Å². The van der Waals surface area contributed by atoms with E-state index in [9.17, 15) is 0 Å². The standard InChI is InChI=1S/C16H15NO2/c1-2-4-15-13(3-1)14-6-5-11(9-16(14)17-15)19-10-12-7-8-18-12/h1-6,9,12,17H,7-8,10H2/t12-/m0/s1. The van der Waals surface area contributed by atoms with Crippen LogP contribution in [0.25, 0.3) is 21.8 Å². The van der Waals surface area contributed by atoms with Crippen LogP contribution in [0.4, 0.5) is 0 Å². The molecule has 0 amide bonds. The van der Waals surface area contributed by atoms with Crippen LogP contribution in [0.3, 0.4) is 0 Å². The Morgan fingerprint density at radius 1 is 1.11 bits per heavy atom. The lowest BCUT2D eigenvalue weighted by Crippen LogP contribution is -2.32. The van der Waals surface area contributed by atoms with Gasteiger partial charge < -0.3 is 14.5 Å². The van der Waals surface area contributed by atoms with Gasteiger partial charge in [-0.1, -0.05) is 18.2 Å². The Kier molecular flexibility index (Phi) is 2.45. The molecule has 1 saturated heterocycles. The van der Waals surface area contributed by atoms with Crippen molar-refractivity contribution in [3.8, 4) is 5.75 Å². The minimum absolute atomic E-state index is 0.276. The Morgan fingerprint density at radius 3 is 2.79 bits per heavy atom. The highest BCUT2D eigenvalue weighted by atomic mass is 16.5. The molecule has 0 radical (unpaired) electrons. The topological polar surface area (TPSA) is 34.2 Å². The number of aromatic amines is 1. The summed E-state index contributed by atoms with van der Waals surface area (Å²) in [4.78, 5) is 3.42. The third kappa shape index (κ3) is 1.87. The van der Waals surface area contributed by atoms with Gasteiger partial charge in [0.15, 0.2) is 0 Å². The fourth-order valence-corrected chi connectivity index (χ4v) is 2.53. The molecule has 0 saturated carbocycles. The molecule has 4 rings (SSSR count). The maximum Gasteiger partial charge on any atom is 0.121 e. The number of fused-ring (bicyclic) bond motifs is 3. The van der Waals surface area contributed by atoms with Gasteiger partial charge in [0.05, 0.1) is 11.6 Å². The summed E-state index contributed by atoms with van der Waals surface area (Å²) in [5.74, 6) is 0.898. The molecule has 1 aliphatic rings. The van der Waals surface area contributed by atoms with E-state index in [1.165, 1.54) is 10.8 Å². The molecule has 0 bridgehead atoms. The zero-order valence-electron chi connectivity index (χ0n) is 10.6. The predicted molar refractivity (Wildman–Crippen MR) is 75.7 cm³/mol. The van der Waals surface area contributed by atoms with E-state index in [1.54, 1.807) is 0 Å². The highest BCUT2D eigenvalue weighted by Crippen LogP contribution is 2.28. The van der Waals surface area contributed by atoms with Gasteiger partial charge in [-0.25, -0.2) is 0 Å². The van der Waals surface area contributed by atoms with Crippen molar-refractivity contribution in [2.24, 2.45) is 0 Å². The lowest BCUT2D eigenvalue weighted by atomic mass is 10.1. The number of H-pyrrole nitrogens is 1. The lowest BCUT2D eigenvalue weighted by molar-refractivity contribution is -0.0720. The number of rotatable bonds is 3. The molecule has 0 unspecified atom stereocenters. The summed E-state index contributed by atoms with van der Waals surface area (Å²) in [5.41, 5.74) is 2.28. The molecule has 2 aromatic carbocycles. The highest BCUT2D eigenvalue weighted by Gasteiger charge is 2.18. The molecular formula is C16H15NO2. The minimum Gasteiger partial charge on any atom is -0.491 e. The van der Waals surface area contributed by atoms with Gasteiger partial charge in [-0.05, 0) is 18.2 Å². The zero-order chi connectivity index (χ0) is 12.7. The fourth-order valence-electron chi connectivity index (χ4n) is 2.53. The Bertz CT molecular complexity index is 728. The van der Waals surface area contributed by atoms with Gasteiger partial charge in [0.2, 0.25) is 0 Å². The Labute approximate surface area is 111 Å². The number of benzene rings is 2. The summed E-state index contributed by atoms with van der Waals surface area (Å²) >= 11 is 0. The third-order valence-electron chi connectivity index (χ3n) is 3.71. The van der Waals surface area contributed by atoms with E-state index in [2.05, 4.69) is 35.3 Å². The molecule has 1 aliphatic heterocycles. The summed E-state index contributed by atoms with van der Waals surface area (Å²) in [6.07, 6.45) is 1.38. The largest absolute Gasteiger partial charge is 0.491 e. The van der Waals surface area contributed by atoms with Crippen molar-refractivity contribution in [1.29, 1.82) is 0 Å². The Balaban J connectivity index is 1.68. The van der Waals surface area contributed by atoms with E-state index in [0.29, 0.717) is 6.61 Å². The number of nitrogens with one attached hydrogen (secondary N) is 1. The smallest absolute Gasteiger partial charge is 0.121 e. The van der Waals surface area contributed by atoms with E-state index in [1.807, 2.05) is 12.1 Å². The molecule has 0 spiro atoms. The second kappa shape index (κ2) is 4.28. The van der Waals surface area contributed by atoms with Crippen LogP contribution in [-0.2, 0) is 4.74 Å². The second-order valence-corrected chi connectivity index (χ2v) is 4.97. The van der Waals surface area contributed by atoms with E-state index in [4.69, 9.17) is 9.47 Å². The SMILES string of the molecule is c1ccc2c(c1)[nH]c1cc(OC[C@@H]3CCO3)ccc12. The molecule has 3 nitrogen and oxygen atoms in total. The lowest BCUT2D eigenvalue weighted by Gasteiger charge is -2.26. The third-order valence-corrected chi connectivity index (χ3v) is 3.71. The van der Waals surface area contributed by atoms with Gasteiger partial charge in [0.1, 0.15) is 12.4 Å². The van der Waals surface area contributed by atoms with Crippen LogP contribution in [0.2, 0.25) is 0 Å². The van der Waals surface area contributed by atoms with E-state index < -0.39 is 0 Å². The van der Waals surface area contributed by atoms with Crippen LogP contribution >= 0.6 is 0 Å². The number of para-hydroxylation sites is 1. The fraction of sp³-hybridized carbons (Fsp3) is 0.250. The van der Waals surface area contributed by atoms with E-state index >= 15 is 0 Å². The van der Waals surface area contributed by atoms with Crippen LogP contribution in [0.15, 0.2) is 42.5 Å². The van der Waals surface area contributed by atoms with Crippen LogP contribution in [-0.4, -0.2) is 24.3 Å². The quantitative estimate of drug-likeness (QED) is 0.775. The summed E-state index contributed by atoms with van der Waals surface area (Å²) in [6, 6.07) is 14.5. The van der Waals surface area contributed by atoms with E-state index in [0.717, 1.165) is 29.8 Å². The number of hydrogen-bond acceptors (Lipinski definition) is 2. The van der Waals surface area contributed by atoms with Crippen molar-refractivity contribution < 1.29 is 9.47 Å². The highest BCUT2D eigenvalue weighted by molar-refractivity contribution is 6.07. The van der Waals surface area contributed by atoms with Crippen molar-refractivity contribution in [3.05, 3.63) is 42.5 Å².